The lowest BCUT2D eigenvalue weighted by Gasteiger charge is -2.05. The Balaban J connectivity index is 2.66. The van der Waals surface area contributed by atoms with Gasteiger partial charge in [0.15, 0.2) is 0 Å². The molecule has 1 aromatic rings. The van der Waals surface area contributed by atoms with E-state index in [9.17, 15) is 4.79 Å². The van der Waals surface area contributed by atoms with Crippen molar-refractivity contribution in [3.05, 3.63) is 23.8 Å². The predicted molar refractivity (Wildman–Crippen MR) is 58.3 cm³/mol. The second-order valence-corrected chi connectivity index (χ2v) is 3.91. The van der Waals surface area contributed by atoms with Crippen molar-refractivity contribution in [3.63, 3.8) is 0 Å². The van der Waals surface area contributed by atoms with Gasteiger partial charge in [-0.2, -0.15) is 0 Å². The summed E-state index contributed by atoms with van der Waals surface area (Å²) in [6.45, 7) is 1.99. The Bertz CT molecular complexity index is 339. The van der Waals surface area contributed by atoms with Gasteiger partial charge in [0.2, 0.25) is 0 Å². The highest BCUT2D eigenvalue weighted by Crippen LogP contribution is 2.24. The summed E-state index contributed by atoms with van der Waals surface area (Å²) in [4.78, 5) is 11.9. The van der Waals surface area contributed by atoms with Crippen molar-refractivity contribution in [1.82, 2.24) is 0 Å². The maximum Gasteiger partial charge on any atom is 0.315 e. The minimum absolute atomic E-state index is 0.225. The van der Waals surface area contributed by atoms with E-state index in [2.05, 4.69) is 4.74 Å². The molecule has 0 aliphatic carbocycles. The van der Waals surface area contributed by atoms with E-state index in [1.54, 1.807) is 0 Å². The highest BCUT2D eigenvalue weighted by Gasteiger charge is 2.04. The fourth-order valence-corrected chi connectivity index (χ4v) is 1.87. The van der Waals surface area contributed by atoms with Crippen LogP contribution in [-0.2, 0) is 9.53 Å². The molecule has 14 heavy (non-hydrogen) atoms. The van der Waals surface area contributed by atoms with Crippen molar-refractivity contribution >= 4 is 23.4 Å². The first-order chi connectivity index (χ1) is 6.63. The van der Waals surface area contributed by atoms with Gasteiger partial charge in [-0.05, 0) is 24.6 Å². The van der Waals surface area contributed by atoms with E-state index in [0.29, 0.717) is 11.4 Å². The normalized spacial score (nSPS) is 9.86. The van der Waals surface area contributed by atoms with Crippen LogP contribution in [0, 0.1) is 6.92 Å². The van der Waals surface area contributed by atoms with Crippen molar-refractivity contribution in [2.75, 3.05) is 18.6 Å². The molecule has 1 aromatic carbocycles. The number of hydrogen-bond donors (Lipinski definition) is 1. The number of methoxy groups -OCH3 is 1. The van der Waals surface area contributed by atoms with Crippen LogP contribution >= 0.6 is 11.8 Å². The predicted octanol–water partition coefficient (Wildman–Crippen LogP) is 1.84. The number of esters is 1. The molecule has 0 saturated heterocycles. The summed E-state index contributed by atoms with van der Waals surface area (Å²) in [5.74, 6) is 0.0951. The molecule has 0 spiro atoms. The summed E-state index contributed by atoms with van der Waals surface area (Å²) in [6.07, 6.45) is 0. The van der Waals surface area contributed by atoms with E-state index in [-0.39, 0.29) is 5.97 Å². The molecular formula is C10H13NO2S. The number of carbonyl (C=O) groups is 1. The zero-order valence-corrected chi connectivity index (χ0v) is 9.06. The molecule has 4 heteroatoms. The number of thioether (sulfide) groups is 1. The van der Waals surface area contributed by atoms with Gasteiger partial charge >= 0.3 is 5.97 Å². The third-order valence-corrected chi connectivity index (χ3v) is 2.92. The average Bonchev–Trinajstić information content (AvgIpc) is 2.19. The molecule has 0 aliphatic rings. The largest absolute Gasteiger partial charge is 0.468 e. The zero-order valence-electron chi connectivity index (χ0n) is 8.24. The number of rotatable bonds is 3. The van der Waals surface area contributed by atoms with Crippen molar-refractivity contribution in [1.29, 1.82) is 0 Å². The third-order valence-electron chi connectivity index (χ3n) is 1.79. The number of carbonyl (C=O) groups excluding carboxylic acids is 1. The molecule has 0 aliphatic heterocycles. The summed E-state index contributed by atoms with van der Waals surface area (Å²) >= 11 is 1.44. The van der Waals surface area contributed by atoms with Crippen molar-refractivity contribution in [3.8, 4) is 0 Å². The molecule has 0 saturated carbocycles. The van der Waals surface area contributed by atoms with Gasteiger partial charge in [-0.15, -0.1) is 11.8 Å². The topological polar surface area (TPSA) is 52.3 Å². The second-order valence-electron chi connectivity index (χ2n) is 2.89. The number of benzene rings is 1. The zero-order chi connectivity index (χ0) is 10.6. The molecule has 0 atom stereocenters. The maximum absolute atomic E-state index is 10.9. The standard InChI is InChI=1S/C10H13NO2S/c1-7-3-4-8(11)5-9(7)14-6-10(12)13-2/h3-5H,6,11H2,1-2H3. The Morgan fingerprint density at radius 2 is 2.29 bits per heavy atom. The highest BCUT2D eigenvalue weighted by atomic mass is 32.2. The number of ether oxygens (including phenoxy) is 1. The van der Waals surface area contributed by atoms with Crippen LogP contribution in [0.15, 0.2) is 23.1 Å². The third kappa shape index (κ3) is 2.96. The monoisotopic (exact) mass is 211 g/mol. The van der Waals surface area contributed by atoms with Gasteiger partial charge in [-0.25, -0.2) is 0 Å². The average molecular weight is 211 g/mol. The summed E-state index contributed by atoms with van der Waals surface area (Å²) in [7, 11) is 1.38. The maximum atomic E-state index is 10.9. The van der Waals surface area contributed by atoms with Crippen LogP contribution in [0.2, 0.25) is 0 Å². The van der Waals surface area contributed by atoms with Gasteiger partial charge < -0.3 is 10.5 Å². The second kappa shape index (κ2) is 4.91. The van der Waals surface area contributed by atoms with Crippen molar-refractivity contribution < 1.29 is 9.53 Å². The summed E-state index contributed by atoms with van der Waals surface area (Å²) in [5.41, 5.74) is 7.47. The molecule has 1 rings (SSSR count). The smallest absolute Gasteiger partial charge is 0.315 e. The SMILES string of the molecule is COC(=O)CSc1cc(N)ccc1C. The lowest BCUT2D eigenvalue weighted by molar-refractivity contribution is -0.137. The van der Waals surface area contributed by atoms with Crippen LogP contribution in [0.3, 0.4) is 0 Å². The van der Waals surface area contributed by atoms with Gasteiger partial charge in [0.1, 0.15) is 0 Å². The highest BCUT2D eigenvalue weighted by molar-refractivity contribution is 8.00. The lowest BCUT2D eigenvalue weighted by Crippen LogP contribution is -2.03. The molecule has 2 N–H and O–H groups in total. The van der Waals surface area contributed by atoms with E-state index in [1.165, 1.54) is 18.9 Å². The van der Waals surface area contributed by atoms with Gasteiger partial charge in [0.25, 0.3) is 0 Å². The molecule has 76 valence electrons. The first-order valence-electron chi connectivity index (χ1n) is 4.19. The Labute approximate surface area is 87.6 Å². The first kappa shape index (κ1) is 10.9. The number of nitrogens with two attached hydrogens (primary N) is 1. The van der Waals surface area contributed by atoms with Gasteiger partial charge in [-0.3, -0.25) is 4.79 Å². The molecule has 0 unspecified atom stereocenters. The van der Waals surface area contributed by atoms with Crippen LogP contribution in [0.4, 0.5) is 5.69 Å². The van der Waals surface area contributed by atoms with Crippen molar-refractivity contribution in [2.24, 2.45) is 0 Å². The molecule has 3 nitrogen and oxygen atoms in total. The number of hydrogen-bond acceptors (Lipinski definition) is 4. The van der Waals surface area contributed by atoms with Crippen LogP contribution in [0.25, 0.3) is 0 Å². The van der Waals surface area contributed by atoms with Gasteiger partial charge in [0, 0.05) is 10.6 Å². The summed E-state index contributed by atoms with van der Waals surface area (Å²) in [6, 6.07) is 5.65. The Morgan fingerprint density at radius 1 is 1.57 bits per heavy atom. The molecule has 0 radical (unpaired) electrons. The van der Waals surface area contributed by atoms with Crippen LogP contribution in [-0.4, -0.2) is 18.8 Å². The first-order valence-corrected chi connectivity index (χ1v) is 5.18. The van der Waals surface area contributed by atoms with Gasteiger partial charge in [0.05, 0.1) is 12.9 Å². The Hall–Kier alpha value is -1.16. The molecule has 0 bridgehead atoms. The lowest BCUT2D eigenvalue weighted by atomic mass is 10.2. The summed E-state index contributed by atoms with van der Waals surface area (Å²) in [5, 5.41) is 0. The number of nitrogen functional groups attached to an aromatic ring is 1. The van der Waals surface area contributed by atoms with Crippen LogP contribution < -0.4 is 5.73 Å². The molecular weight excluding hydrogens is 198 g/mol. The Kier molecular flexibility index (Phi) is 3.83. The fourth-order valence-electron chi connectivity index (χ4n) is 0.968. The fraction of sp³-hybridized carbons (Fsp3) is 0.300. The van der Waals surface area contributed by atoms with E-state index >= 15 is 0 Å². The minimum Gasteiger partial charge on any atom is -0.468 e. The number of aryl methyl sites for hydroxylation is 1. The Morgan fingerprint density at radius 3 is 2.93 bits per heavy atom. The van der Waals surface area contributed by atoms with E-state index < -0.39 is 0 Å². The molecule has 0 aromatic heterocycles. The van der Waals surface area contributed by atoms with Crippen LogP contribution in [0.5, 0.6) is 0 Å². The number of anilines is 1. The molecule has 0 heterocycles. The van der Waals surface area contributed by atoms with E-state index in [1.807, 2.05) is 25.1 Å². The quantitative estimate of drug-likeness (QED) is 0.471. The molecule has 0 fully saturated rings. The van der Waals surface area contributed by atoms with Gasteiger partial charge in [-0.1, -0.05) is 6.07 Å². The summed E-state index contributed by atoms with van der Waals surface area (Å²) < 4.78 is 4.55. The van der Waals surface area contributed by atoms with E-state index in [4.69, 9.17) is 5.73 Å². The minimum atomic E-state index is -0.225. The molecule has 0 amide bonds. The van der Waals surface area contributed by atoms with Crippen molar-refractivity contribution in [2.45, 2.75) is 11.8 Å². The van der Waals surface area contributed by atoms with Crippen LogP contribution in [0.1, 0.15) is 5.56 Å². The van der Waals surface area contributed by atoms with E-state index in [0.717, 1.165) is 10.5 Å².